The minimum Gasteiger partial charge on any atom is -0.493 e. The fourth-order valence-corrected chi connectivity index (χ4v) is 6.21. The lowest BCUT2D eigenvalue weighted by Gasteiger charge is -2.36. The highest BCUT2D eigenvalue weighted by Gasteiger charge is 2.23. The molecule has 0 amide bonds. The molecule has 0 saturated carbocycles. The standard InChI is InChI=1S/C32H50N4O6.C4H4O4/c1-37-27-11-9-25(29(39-3)31(27)41-5)23-35-19-15-33(16-20-35)13-7-8-14-34-17-21-36(22-18-34)24-26-10-12-28(38-2)32(42-6)30(26)40-4;5-3(6)1-2-4(7)8/h9-12H,7-8,13-24H2,1-6H3;1-2H,(H,5,6)(H,7,8)/b;2-1-. The maximum Gasteiger partial charge on any atom is 0.328 e. The molecule has 14 heteroatoms. The molecule has 2 saturated heterocycles. The first kappa shape index (κ1) is 40.2. The molecule has 2 aromatic rings. The summed E-state index contributed by atoms with van der Waals surface area (Å²) in [7, 11) is 9.99. The van der Waals surface area contributed by atoms with Crippen LogP contribution in [-0.2, 0) is 22.7 Å². The molecule has 4 rings (SSSR count). The van der Waals surface area contributed by atoms with Crippen molar-refractivity contribution in [2.75, 3.05) is 108 Å². The van der Waals surface area contributed by atoms with Crippen molar-refractivity contribution in [1.82, 2.24) is 19.6 Å². The average molecular weight is 703 g/mol. The van der Waals surface area contributed by atoms with Gasteiger partial charge in [0, 0.05) is 88.7 Å². The minimum absolute atomic E-state index is 0.558. The fraction of sp³-hybridized carbons (Fsp3) is 0.556. The predicted octanol–water partition coefficient (Wildman–Crippen LogP) is 3.17. The molecule has 2 heterocycles. The van der Waals surface area contributed by atoms with E-state index in [0.717, 1.165) is 88.1 Å². The highest BCUT2D eigenvalue weighted by molar-refractivity contribution is 5.89. The number of carbonyl (C=O) groups is 2. The van der Waals surface area contributed by atoms with Gasteiger partial charge in [-0.05, 0) is 38.1 Å². The van der Waals surface area contributed by atoms with Crippen LogP contribution in [-0.4, -0.2) is 150 Å². The number of rotatable bonds is 17. The van der Waals surface area contributed by atoms with E-state index in [0.29, 0.717) is 35.2 Å². The first-order valence-corrected chi connectivity index (χ1v) is 16.8. The Morgan fingerprint density at radius 1 is 0.520 bits per heavy atom. The average Bonchev–Trinajstić information content (AvgIpc) is 3.13. The number of hydrogen-bond donors (Lipinski definition) is 2. The Balaban J connectivity index is 0.000000753. The first-order chi connectivity index (χ1) is 24.2. The van der Waals surface area contributed by atoms with E-state index in [1.54, 1.807) is 42.7 Å². The predicted molar refractivity (Wildman–Crippen MR) is 189 cm³/mol. The molecule has 2 fully saturated rings. The zero-order chi connectivity index (χ0) is 36.5. The van der Waals surface area contributed by atoms with Crippen LogP contribution in [0.3, 0.4) is 0 Å². The topological polar surface area (TPSA) is 143 Å². The number of ether oxygens (including phenoxy) is 6. The van der Waals surface area contributed by atoms with Gasteiger partial charge in [-0.2, -0.15) is 0 Å². The summed E-state index contributed by atoms with van der Waals surface area (Å²) in [6, 6.07) is 8.09. The second kappa shape index (κ2) is 21.1. The van der Waals surface area contributed by atoms with Crippen LogP contribution >= 0.6 is 0 Å². The van der Waals surface area contributed by atoms with Crippen molar-refractivity contribution in [3.63, 3.8) is 0 Å². The minimum atomic E-state index is -1.26. The number of aliphatic carboxylic acids is 2. The number of piperazine rings is 2. The van der Waals surface area contributed by atoms with Gasteiger partial charge in [-0.25, -0.2) is 9.59 Å². The van der Waals surface area contributed by atoms with Crippen LogP contribution in [0.15, 0.2) is 36.4 Å². The SMILES string of the molecule is COc1ccc(CN2CCN(CCCCN3CCN(Cc4ccc(OC)c(OC)c4OC)CC3)CC2)c(OC)c1OC.O=C(O)/C=C\C(=O)O. The third-order valence-corrected chi connectivity index (χ3v) is 8.86. The number of benzene rings is 2. The maximum atomic E-state index is 9.55. The Hall–Kier alpha value is -4.24. The van der Waals surface area contributed by atoms with Gasteiger partial charge in [0.1, 0.15) is 0 Å². The second-order valence-electron chi connectivity index (χ2n) is 11.9. The summed E-state index contributed by atoms with van der Waals surface area (Å²) < 4.78 is 33.3. The van der Waals surface area contributed by atoms with Crippen molar-refractivity contribution < 1.29 is 48.2 Å². The van der Waals surface area contributed by atoms with Crippen molar-refractivity contribution in [2.24, 2.45) is 0 Å². The van der Waals surface area contributed by atoms with Crippen LogP contribution in [0.2, 0.25) is 0 Å². The van der Waals surface area contributed by atoms with Crippen LogP contribution in [0, 0.1) is 0 Å². The molecule has 2 N–H and O–H groups in total. The van der Waals surface area contributed by atoms with E-state index in [2.05, 4.69) is 31.7 Å². The highest BCUT2D eigenvalue weighted by atomic mass is 16.5. The molecule has 2 aromatic carbocycles. The lowest BCUT2D eigenvalue weighted by Crippen LogP contribution is -2.47. The van der Waals surface area contributed by atoms with Gasteiger partial charge in [0.05, 0.1) is 42.7 Å². The molecule has 14 nitrogen and oxygen atoms in total. The van der Waals surface area contributed by atoms with Crippen LogP contribution in [0.4, 0.5) is 0 Å². The number of methoxy groups -OCH3 is 6. The Labute approximate surface area is 295 Å². The molecule has 2 aliphatic rings. The van der Waals surface area contributed by atoms with Gasteiger partial charge in [0.2, 0.25) is 11.5 Å². The quantitative estimate of drug-likeness (QED) is 0.184. The van der Waals surface area contributed by atoms with E-state index in [4.69, 9.17) is 38.6 Å². The molecule has 50 heavy (non-hydrogen) atoms. The van der Waals surface area contributed by atoms with Gasteiger partial charge in [-0.15, -0.1) is 0 Å². The number of carboxylic acid groups (broad SMARTS) is 2. The zero-order valence-corrected chi connectivity index (χ0v) is 30.3. The van der Waals surface area contributed by atoms with Crippen LogP contribution in [0.5, 0.6) is 34.5 Å². The maximum absolute atomic E-state index is 9.55. The molecule has 2 aliphatic heterocycles. The molecular formula is C36H54N4O10. The van der Waals surface area contributed by atoms with E-state index < -0.39 is 11.9 Å². The van der Waals surface area contributed by atoms with Crippen molar-refractivity contribution in [3.05, 3.63) is 47.5 Å². The zero-order valence-electron chi connectivity index (χ0n) is 30.3. The normalized spacial score (nSPS) is 16.0. The van der Waals surface area contributed by atoms with Crippen LogP contribution in [0.1, 0.15) is 24.0 Å². The summed E-state index contributed by atoms with van der Waals surface area (Å²) in [5.74, 6) is 1.73. The third kappa shape index (κ3) is 12.0. The number of unbranched alkanes of at least 4 members (excludes halogenated alkanes) is 1. The summed E-state index contributed by atoms with van der Waals surface area (Å²) >= 11 is 0. The van der Waals surface area contributed by atoms with Crippen LogP contribution in [0.25, 0.3) is 0 Å². The van der Waals surface area contributed by atoms with E-state index in [-0.39, 0.29) is 0 Å². The molecule has 278 valence electrons. The van der Waals surface area contributed by atoms with Gasteiger partial charge in [0.15, 0.2) is 23.0 Å². The van der Waals surface area contributed by atoms with E-state index in [9.17, 15) is 9.59 Å². The van der Waals surface area contributed by atoms with Crippen molar-refractivity contribution >= 4 is 11.9 Å². The van der Waals surface area contributed by atoms with Gasteiger partial charge < -0.3 is 48.4 Å². The van der Waals surface area contributed by atoms with Gasteiger partial charge in [-0.1, -0.05) is 12.1 Å². The molecule has 0 bridgehead atoms. The summed E-state index contributed by atoms with van der Waals surface area (Å²) in [4.78, 5) is 29.3. The molecule has 0 radical (unpaired) electrons. The van der Waals surface area contributed by atoms with Gasteiger partial charge in [-0.3, -0.25) is 9.80 Å². The molecule has 0 aromatic heterocycles. The lowest BCUT2D eigenvalue weighted by molar-refractivity contribution is -0.134. The molecule has 0 atom stereocenters. The van der Waals surface area contributed by atoms with Gasteiger partial charge >= 0.3 is 11.9 Å². The highest BCUT2D eigenvalue weighted by Crippen LogP contribution is 2.41. The van der Waals surface area contributed by atoms with Crippen LogP contribution < -0.4 is 28.4 Å². The third-order valence-electron chi connectivity index (χ3n) is 8.86. The van der Waals surface area contributed by atoms with Crippen molar-refractivity contribution in [1.29, 1.82) is 0 Å². The van der Waals surface area contributed by atoms with Crippen molar-refractivity contribution in [2.45, 2.75) is 25.9 Å². The number of carboxylic acids is 2. The van der Waals surface area contributed by atoms with Crippen molar-refractivity contribution in [3.8, 4) is 34.5 Å². The number of nitrogens with zero attached hydrogens (tertiary/aromatic N) is 4. The molecule has 0 aliphatic carbocycles. The second-order valence-corrected chi connectivity index (χ2v) is 11.9. The Bertz CT molecular complexity index is 1290. The lowest BCUT2D eigenvalue weighted by atomic mass is 10.1. The fourth-order valence-electron chi connectivity index (χ4n) is 6.21. The summed E-state index contributed by atoms with van der Waals surface area (Å²) in [6.45, 7) is 12.7. The van der Waals surface area contributed by atoms with Gasteiger partial charge in [0.25, 0.3) is 0 Å². The largest absolute Gasteiger partial charge is 0.493 e. The number of hydrogen-bond acceptors (Lipinski definition) is 12. The molecular weight excluding hydrogens is 648 g/mol. The Morgan fingerprint density at radius 3 is 1.12 bits per heavy atom. The van der Waals surface area contributed by atoms with E-state index >= 15 is 0 Å². The molecule has 0 spiro atoms. The summed E-state index contributed by atoms with van der Waals surface area (Å²) in [5, 5.41) is 15.6. The first-order valence-electron chi connectivity index (χ1n) is 16.8. The summed E-state index contributed by atoms with van der Waals surface area (Å²) in [5.41, 5.74) is 2.26. The van der Waals surface area contributed by atoms with E-state index in [1.165, 1.54) is 25.9 Å². The van der Waals surface area contributed by atoms with E-state index in [1.807, 2.05) is 12.1 Å². The Morgan fingerprint density at radius 2 is 0.840 bits per heavy atom. The Kier molecular flexibility index (Phi) is 16.9. The molecule has 0 unspecified atom stereocenters. The monoisotopic (exact) mass is 702 g/mol. The summed E-state index contributed by atoms with van der Waals surface area (Å²) in [6.07, 6.45) is 3.60. The smallest absolute Gasteiger partial charge is 0.328 e.